The van der Waals surface area contributed by atoms with Crippen molar-refractivity contribution >= 4 is 0 Å². The fourth-order valence-electron chi connectivity index (χ4n) is 4.59. The first kappa shape index (κ1) is 16.3. The van der Waals surface area contributed by atoms with Gasteiger partial charge in [0.1, 0.15) is 0 Å². The fourth-order valence-corrected chi connectivity index (χ4v) is 4.59. The summed E-state index contributed by atoms with van der Waals surface area (Å²) >= 11 is 0. The minimum atomic E-state index is 0.0126. The van der Waals surface area contributed by atoms with Gasteiger partial charge in [0.05, 0.1) is 6.10 Å². The molecule has 2 saturated carbocycles. The zero-order valence-corrected chi connectivity index (χ0v) is 14.0. The molecule has 0 aromatic carbocycles. The van der Waals surface area contributed by atoms with Crippen LogP contribution in [0.5, 0.6) is 0 Å². The molecule has 1 N–H and O–H groups in total. The second kappa shape index (κ2) is 7.82. The first-order valence-corrected chi connectivity index (χ1v) is 9.24. The van der Waals surface area contributed by atoms with Crippen molar-refractivity contribution < 1.29 is 5.11 Å². The van der Waals surface area contributed by atoms with Crippen molar-refractivity contribution in [2.75, 3.05) is 0 Å². The zero-order valence-electron chi connectivity index (χ0n) is 14.0. The molecule has 0 radical (unpaired) electrons. The highest BCUT2D eigenvalue weighted by Gasteiger charge is 2.31. The van der Waals surface area contributed by atoms with Gasteiger partial charge in [0, 0.05) is 0 Å². The Morgan fingerprint density at radius 3 is 1.75 bits per heavy atom. The molecule has 0 heterocycles. The molecule has 2 fully saturated rings. The third kappa shape index (κ3) is 4.76. The van der Waals surface area contributed by atoms with Gasteiger partial charge in [-0.25, -0.2) is 0 Å². The molecular weight excluding hydrogens is 244 g/mol. The Labute approximate surface area is 126 Å². The summed E-state index contributed by atoms with van der Waals surface area (Å²) in [5.74, 6) is 4.72. The number of hydrogen-bond acceptors (Lipinski definition) is 1. The average molecular weight is 280 g/mol. The van der Waals surface area contributed by atoms with Crippen LogP contribution in [-0.4, -0.2) is 11.2 Å². The van der Waals surface area contributed by atoms with Crippen molar-refractivity contribution in [1.82, 2.24) is 0 Å². The zero-order chi connectivity index (χ0) is 14.5. The van der Waals surface area contributed by atoms with E-state index in [9.17, 15) is 5.11 Å². The van der Waals surface area contributed by atoms with Crippen LogP contribution in [0.25, 0.3) is 0 Å². The Morgan fingerprint density at radius 1 is 0.750 bits per heavy atom. The van der Waals surface area contributed by atoms with E-state index in [4.69, 9.17) is 0 Å². The smallest absolute Gasteiger partial charge is 0.0540 e. The third-order valence-corrected chi connectivity index (χ3v) is 6.23. The molecule has 1 nitrogen and oxygen atoms in total. The lowest BCUT2D eigenvalue weighted by Gasteiger charge is -2.38. The van der Waals surface area contributed by atoms with Gasteiger partial charge in [0.25, 0.3) is 0 Å². The normalized spacial score (nSPS) is 37.0. The van der Waals surface area contributed by atoms with Crippen LogP contribution in [0.4, 0.5) is 0 Å². The maximum atomic E-state index is 9.64. The Balaban J connectivity index is 1.69. The Hall–Kier alpha value is -0.0400. The minimum absolute atomic E-state index is 0.0126. The molecule has 0 amide bonds. The van der Waals surface area contributed by atoms with Gasteiger partial charge in [-0.15, -0.1) is 0 Å². The quantitative estimate of drug-likeness (QED) is 0.713. The first-order chi connectivity index (χ1) is 9.56. The molecule has 0 spiro atoms. The Morgan fingerprint density at radius 2 is 1.25 bits per heavy atom. The lowest BCUT2D eigenvalue weighted by Crippen LogP contribution is -2.28. The van der Waals surface area contributed by atoms with Gasteiger partial charge in [-0.1, -0.05) is 33.6 Å². The second-order valence-electron chi connectivity index (χ2n) is 8.19. The van der Waals surface area contributed by atoms with Crippen LogP contribution in [-0.2, 0) is 0 Å². The topological polar surface area (TPSA) is 20.2 Å². The summed E-state index contributed by atoms with van der Waals surface area (Å²) < 4.78 is 0. The van der Waals surface area contributed by atoms with Crippen LogP contribution in [0.15, 0.2) is 0 Å². The minimum Gasteiger partial charge on any atom is -0.393 e. The van der Waals surface area contributed by atoms with E-state index >= 15 is 0 Å². The van der Waals surface area contributed by atoms with Crippen LogP contribution in [0.2, 0.25) is 0 Å². The van der Waals surface area contributed by atoms with Crippen LogP contribution < -0.4 is 0 Å². The van der Waals surface area contributed by atoms with E-state index in [2.05, 4.69) is 20.8 Å². The lowest BCUT2D eigenvalue weighted by atomic mass is 9.68. The molecule has 1 atom stereocenters. The summed E-state index contributed by atoms with van der Waals surface area (Å²) in [4.78, 5) is 0. The monoisotopic (exact) mass is 280 g/mol. The maximum absolute atomic E-state index is 9.64. The average Bonchev–Trinajstić information content (AvgIpc) is 2.46. The molecular formula is C19H36O. The maximum Gasteiger partial charge on any atom is 0.0540 e. The largest absolute Gasteiger partial charge is 0.393 e. The summed E-state index contributed by atoms with van der Waals surface area (Å²) in [6.07, 6.45) is 13.5. The molecule has 2 aliphatic carbocycles. The predicted molar refractivity (Wildman–Crippen MR) is 86.6 cm³/mol. The molecule has 20 heavy (non-hydrogen) atoms. The van der Waals surface area contributed by atoms with Crippen molar-refractivity contribution in [2.45, 2.75) is 91.1 Å². The summed E-state index contributed by atoms with van der Waals surface area (Å²) in [6.45, 7) is 7.19. The summed E-state index contributed by atoms with van der Waals surface area (Å²) in [7, 11) is 0. The van der Waals surface area contributed by atoms with Crippen molar-refractivity contribution in [3.8, 4) is 0 Å². The molecule has 0 aromatic heterocycles. The van der Waals surface area contributed by atoms with E-state index in [1.54, 1.807) is 0 Å². The SMILES string of the molecule is CC(C)CCC(C)C1CCC(C2CCC(O)CC2)CC1. The van der Waals surface area contributed by atoms with Crippen LogP contribution in [0, 0.1) is 29.6 Å². The van der Waals surface area contributed by atoms with E-state index in [1.165, 1.54) is 51.4 Å². The molecule has 0 saturated heterocycles. The van der Waals surface area contributed by atoms with Crippen LogP contribution in [0.1, 0.15) is 85.0 Å². The highest BCUT2D eigenvalue weighted by Crippen LogP contribution is 2.42. The molecule has 1 heteroatoms. The van der Waals surface area contributed by atoms with Crippen LogP contribution >= 0.6 is 0 Å². The van der Waals surface area contributed by atoms with Crippen molar-refractivity contribution in [3.63, 3.8) is 0 Å². The van der Waals surface area contributed by atoms with E-state index in [-0.39, 0.29) is 6.10 Å². The van der Waals surface area contributed by atoms with Gasteiger partial charge in [-0.05, 0) is 81.0 Å². The molecule has 0 aromatic rings. The van der Waals surface area contributed by atoms with Gasteiger partial charge in [-0.3, -0.25) is 0 Å². The third-order valence-electron chi connectivity index (χ3n) is 6.23. The van der Waals surface area contributed by atoms with Gasteiger partial charge < -0.3 is 5.11 Å². The summed E-state index contributed by atoms with van der Waals surface area (Å²) in [5.41, 5.74) is 0. The molecule has 1 unspecified atom stereocenters. The van der Waals surface area contributed by atoms with Gasteiger partial charge >= 0.3 is 0 Å². The van der Waals surface area contributed by atoms with Crippen LogP contribution in [0.3, 0.4) is 0 Å². The number of aliphatic hydroxyl groups is 1. The Kier molecular flexibility index (Phi) is 6.39. The standard InChI is InChI=1S/C19H36O/c1-14(2)4-5-15(3)16-6-8-17(9-7-16)18-10-12-19(20)13-11-18/h14-20H,4-13H2,1-3H3. The number of aliphatic hydroxyl groups excluding tert-OH is 1. The molecule has 2 rings (SSSR count). The van der Waals surface area contributed by atoms with Crippen molar-refractivity contribution in [2.24, 2.45) is 29.6 Å². The first-order valence-electron chi connectivity index (χ1n) is 9.24. The van der Waals surface area contributed by atoms with Crippen molar-refractivity contribution in [1.29, 1.82) is 0 Å². The fraction of sp³-hybridized carbons (Fsp3) is 1.00. The molecule has 2 aliphatic rings. The summed E-state index contributed by atoms with van der Waals surface area (Å²) in [5, 5.41) is 9.64. The van der Waals surface area contributed by atoms with Gasteiger partial charge in [0.15, 0.2) is 0 Å². The molecule has 0 bridgehead atoms. The van der Waals surface area contributed by atoms with E-state index in [0.29, 0.717) is 0 Å². The van der Waals surface area contributed by atoms with Gasteiger partial charge in [-0.2, -0.15) is 0 Å². The highest BCUT2D eigenvalue weighted by molar-refractivity contribution is 4.83. The Bertz CT molecular complexity index is 257. The van der Waals surface area contributed by atoms with E-state index in [0.717, 1.165) is 42.4 Å². The van der Waals surface area contributed by atoms with E-state index < -0.39 is 0 Å². The molecule has 0 aliphatic heterocycles. The molecule has 118 valence electrons. The second-order valence-corrected chi connectivity index (χ2v) is 8.19. The lowest BCUT2D eigenvalue weighted by molar-refractivity contribution is 0.0720. The van der Waals surface area contributed by atoms with Crippen molar-refractivity contribution in [3.05, 3.63) is 0 Å². The summed E-state index contributed by atoms with van der Waals surface area (Å²) in [6, 6.07) is 0. The van der Waals surface area contributed by atoms with Gasteiger partial charge in [0.2, 0.25) is 0 Å². The number of hydrogen-bond donors (Lipinski definition) is 1. The predicted octanol–water partition coefficient (Wildman–Crippen LogP) is 5.42. The highest BCUT2D eigenvalue weighted by atomic mass is 16.3. The van der Waals surface area contributed by atoms with E-state index in [1.807, 2.05) is 0 Å². The number of rotatable bonds is 5.